The molecule has 0 radical (unpaired) electrons. The molecule has 3 nitrogen and oxygen atoms in total. The predicted molar refractivity (Wildman–Crippen MR) is 75.1 cm³/mol. The van der Waals surface area contributed by atoms with Crippen molar-refractivity contribution in [1.82, 2.24) is 0 Å². The van der Waals surface area contributed by atoms with Gasteiger partial charge < -0.3 is 0 Å². The average molecular weight is 301 g/mol. The quantitative estimate of drug-likeness (QED) is 0.857. The van der Waals surface area contributed by atoms with Crippen molar-refractivity contribution >= 4 is 27.2 Å². The summed E-state index contributed by atoms with van der Waals surface area (Å²) in [4.78, 5) is 12.0. The SMILES string of the molecule is O=C1CCCCC1CCS(=O)(=O)c1ccc(Cl)cc1. The van der Waals surface area contributed by atoms with Crippen LogP contribution >= 0.6 is 11.6 Å². The fourth-order valence-electron chi connectivity index (χ4n) is 2.42. The Morgan fingerprint density at radius 2 is 1.84 bits per heavy atom. The first kappa shape index (κ1) is 14.5. The van der Waals surface area contributed by atoms with Crippen molar-refractivity contribution in [2.75, 3.05) is 5.75 Å². The molecule has 1 unspecified atom stereocenters. The molecule has 0 aliphatic heterocycles. The molecular formula is C14H17ClO3S. The summed E-state index contributed by atoms with van der Waals surface area (Å²) in [5.41, 5.74) is 0. The van der Waals surface area contributed by atoms with Gasteiger partial charge in [0, 0.05) is 17.4 Å². The van der Waals surface area contributed by atoms with E-state index in [4.69, 9.17) is 11.6 Å². The Hall–Kier alpha value is -0.870. The molecule has 0 saturated heterocycles. The molecule has 0 heterocycles. The van der Waals surface area contributed by atoms with Crippen LogP contribution in [0.15, 0.2) is 29.2 Å². The number of carbonyl (C=O) groups is 1. The summed E-state index contributed by atoms with van der Waals surface area (Å²) in [5.74, 6) is 0.179. The predicted octanol–water partition coefficient (Wildman–Crippen LogP) is 3.26. The minimum Gasteiger partial charge on any atom is -0.299 e. The number of hydrogen-bond donors (Lipinski definition) is 0. The van der Waals surface area contributed by atoms with E-state index in [-0.39, 0.29) is 22.3 Å². The van der Waals surface area contributed by atoms with Crippen molar-refractivity contribution in [3.63, 3.8) is 0 Å². The summed E-state index contributed by atoms with van der Waals surface area (Å²) in [5, 5.41) is 0.515. The van der Waals surface area contributed by atoms with E-state index >= 15 is 0 Å². The van der Waals surface area contributed by atoms with Crippen molar-refractivity contribution in [2.45, 2.75) is 37.0 Å². The van der Waals surface area contributed by atoms with Crippen molar-refractivity contribution < 1.29 is 13.2 Å². The molecule has 1 saturated carbocycles. The lowest BCUT2D eigenvalue weighted by atomic mass is 9.86. The molecule has 0 aromatic heterocycles. The Morgan fingerprint density at radius 3 is 2.47 bits per heavy atom. The van der Waals surface area contributed by atoms with Crippen molar-refractivity contribution in [2.24, 2.45) is 5.92 Å². The fourth-order valence-corrected chi connectivity index (χ4v) is 3.92. The van der Waals surface area contributed by atoms with E-state index in [1.807, 2.05) is 0 Å². The zero-order valence-electron chi connectivity index (χ0n) is 10.6. The lowest BCUT2D eigenvalue weighted by Gasteiger charge is -2.20. The highest BCUT2D eigenvalue weighted by Crippen LogP contribution is 2.25. The van der Waals surface area contributed by atoms with E-state index in [0.717, 1.165) is 19.3 Å². The Morgan fingerprint density at radius 1 is 1.16 bits per heavy atom. The topological polar surface area (TPSA) is 51.2 Å². The second-order valence-electron chi connectivity index (χ2n) is 4.97. The van der Waals surface area contributed by atoms with Crippen LogP contribution < -0.4 is 0 Å². The second kappa shape index (κ2) is 6.06. The maximum absolute atomic E-state index is 12.1. The molecule has 19 heavy (non-hydrogen) atoms. The van der Waals surface area contributed by atoms with Gasteiger partial charge in [-0.05, 0) is 43.5 Å². The van der Waals surface area contributed by atoms with Crippen LogP contribution in [-0.2, 0) is 14.6 Å². The first-order chi connectivity index (χ1) is 8.99. The van der Waals surface area contributed by atoms with Crippen LogP contribution in [0.3, 0.4) is 0 Å². The van der Waals surface area contributed by atoms with Gasteiger partial charge in [-0.15, -0.1) is 0 Å². The number of carbonyl (C=O) groups excluding carboxylic acids is 1. The van der Waals surface area contributed by atoms with E-state index in [2.05, 4.69) is 0 Å². The van der Waals surface area contributed by atoms with Crippen LogP contribution in [0, 0.1) is 5.92 Å². The van der Waals surface area contributed by atoms with Crippen molar-refractivity contribution in [1.29, 1.82) is 0 Å². The van der Waals surface area contributed by atoms with Crippen LogP contribution in [0.4, 0.5) is 0 Å². The zero-order chi connectivity index (χ0) is 13.9. The first-order valence-electron chi connectivity index (χ1n) is 6.50. The second-order valence-corrected chi connectivity index (χ2v) is 7.52. The molecule has 0 bridgehead atoms. The molecule has 1 aliphatic carbocycles. The smallest absolute Gasteiger partial charge is 0.178 e. The largest absolute Gasteiger partial charge is 0.299 e. The number of hydrogen-bond acceptors (Lipinski definition) is 3. The molecule has 0 N–H and O–H groups in total. The van der Waals surface area contributed by atoms with E-state index in [9.17, 15) is 13.2 Å². The van der Waals surface area contributed by atoms with Crippen molar-refractivity contribution in [3.8, 4) is 0 Å². The van der Waals surface area contributed by atoms with Crippen LogP contribution in [-0.4, -0.2) is 20.0 Å². The summed E-state index contributed by atoms with van der Waals surface area (Å²) >= 11 is 5.74. The van der Waals surface area contributed by atoms with Crippen molar-refractivity contribution in [3.05, 3.63) is 29.3 Å². The molecule has 1 atom stereocenters. The van der Waals surface area contributed by atoms with Gasteiger partial charge in [-0.1, -0.05) is 18.0 Å². The van der Waals surface area contributed by atoms with E-state index in [1.54, 1.807) is 12.1 Å². The van der Waals surface area contributed by atoms with Gasteiger partial charge in [0.1, 0.15) is 5.78 Å². The maximum atomic E-state index is 12.1. The molecule has 1 aromatic rings. The van der Waals surface area contributed by atoms with Crippen LogP contribution in [0.2, 0.25) is 5.02 Å². The van der Waals surface area contributed by atoms with E-state index in [1.165, 1.54) is 12.1 Å². The van der Waals surface area contributed by atoms with Gasteiger partial charge in [-0.25, -0.2) is 8.42 Å². The Bertz CT molecular complexity index is 549. The molecule has 0 amide bonds. The van der Waals surface area contributed by atoms with Crippen LogP contribution in [0.25, 0.3) is 0 Å². The number of ketones is 1. The number of sulfone groups is 1. The van der Waals surface area contributed by atoms with Crippen LogP contribution in [0.5, 0.6) is 0 Å². The summed E-state index contributed by atoms with van der Waals surface area (Å²) in [6, 6.07) is 6.17. The molecule has 0 spiro atoms. The molecule has 5 heteroatoms. The number of benzene rings is 1. The highest BCUT2D eigenvalue weighted by molar-refractivity contribution is 7.91. The molecule has 2 rings (SSSR count). The summed E-state index contributed by atoms with van der Waals surface area (Å²) in [6.45, 7) is 0. The average Bonchev–Trinajstić information content (AvgIpc) is 2.38. The highest BCUT2D eigenvalue weighted by Gasteiger charge is 2.24. The lowest BCUT2D eigenvalue weighted by molar-refractivity contribution is -0.124. The third-order valence-electron chi connectivity index (χ3n) is 3.59. The van der Waals surface area contributed by atoms with Gasteiger partial charge in [-0.2, -0.15) is 0 Å². The van der Waals surface area contributed by atoms with Gasteiger partial charge in [0.25, 0.3) is 0 Å². The zero-order valence-corrected chi connectivity index (χ0v) is 12.2. The lowest BCUT2D eigenvalue weighted by Crippen LogP contribution is -2.22. The summed E-state index contributed by atoms with van der Waals surface area (Å²) in [6.07, 6.45) is 3.83. The maximum Gasteiger partial charge on any atom is 0.178 e. The molecular weight excluding hydrogens is 284 g/mol. The Balaban J connectivity index is 2.01. The minimum atomic E-state index is -3.31. The van der Waals surface area contributed by atoms with Gasteiger partial charge >= 0.3 is 0 Å². The minimum absolute atomic E-state index is 0.0328. The summed E-state index contributed by atoms with van der Waals surface area (Å²) in [7, 11) is -3.31. The normalized spacial score (nSPS) is 20.5. The standard InChI is InChI=1S/C14H17ClO3S/c15-12-5-7-13(8-6-12)19(17,18)10-9-11-3-1-2-4-14(11)16/h5-8,11H,1-4,9-10H2. The number of Topliss-reactive ketones (excluding diaryl/α,β-unsaturated/α-hetero) is 1. The third kappa shape index (κ3) is 3.80. The van der Waals surface area contributed by atoms with Gasteiger partial charge in [0.05, 0.1) is 10.6 Å². The summed E-state index contributed by atoms with van der Waals surface area (Å²) < 4.78 is 24.3. The third-order valence-corrected chi connectivity index (χ3v) is 5.60. The Labute approximate surface area is 118 Å². The van der Waals surface area contributed by atoms with E-state index < -0.39 is 9.84 Å². The van der Waals surface area contributed by atoms with Gasteiger partial charge in [0.15, 0.2) is 9.84 Å². The van der Waals surface area contributed by atoms with Crippen LogP contribution in [0.1, 0.15) is 32.1 Å². The van der Waals surface area contributed by atoms with Gasteiger partial charge in [-0.3, -0.25) is 4.79 Å². The van der Waals surface area contributed by atoms with Gasteiger partial charge in [0.2, 0.25) is 0 Å². The molecule has 1 fully saturated rings. The Kier molecular flexibility index (Phi) is 4.63. The number of halogens is 1. The molecule has 1 aromatic carbocycles. The molecule has 1 aliphatic rings. The monoisotopic (exact) mass is 300 g/mol. The first-order valence-corrected chi connectivity index (χ1v) is 8.53. The fraction of sp³-hybridized carbons (Fsp3) is 0.500. The molecule has 104 valence electrons. The number of rotatable bonds is 4. The van der Waals surface area contributed by atoms with E-state index in [0.29, 0.717) is 17.9 Å². The highest BCUT2D eigenvalue weighted by atomic mass is 35.5.